The number of hydrogen-bond acceptors (Lipinski definition) is 10. The summed E-state index contributed by atoms with van der Waals surface area (Å²) < 4.78 is 19.5. The molecule has 0 bridgehead atoms. The number of likely N-dealkylation sites (N-methyl/N-ethyl adjacent to an activating group) is 2. The first-order valence-corrected chi connectivity index (χ1v) is 12.1. The molecular formula is C25H29FN8OS. The highest BCUT2D eigenvalue weighted by Gasteiger charge is 2.15. The molecule has 0 fully saturated rings. The number of benzene rings is 2. The quantitative estimate of drug-likeness (QED) is 0.317. The number of rotatable bonds is 9. The molecule has 0 atom stereocenters. The van der Waals surface area contributed by atoms with Gasteiger partial charge in [0.05, 0.1) is 24.2 Å². The van der Waals surface area contributed by atoms with Gasteiger partial charge in [-0.05, 0) is 56.9 Å². The van der Waals surface area contributed by atoms with E-state index in [1.165, 1.54) is 23.5 Å². The van der Waals surface area contributed by atoms with E-state index in [0.717, 1.165) is 24.3 Å². The van der Waals surface area contributed by atoms with E-state index in [0.29, 0.717) is 44.3 Å². The van der Waals surface area contributed by atoms with E-state index in [9.17, 15) is 4.39 Å². The van der Waals surface area contributed by atoms with Crippen molar-refractivity contribution in [3.05, 3.63) is 54.0 Å². The van der Waals surface area contributed by atoms with Crippen LogP contribution in [0.1, 0.15) is 5.56 Å². The van der Waals surface area contributed by atoms with Crippen LogP contribution < -0.4 is 20.7 Å². The topological polar surface area (TPSA) is 105 Å². The minimum atomic E-state index is -0.307. The van der Waals surface area contributed by atoms with E-state index in [1.807, 2.05) is 46.3 Å². The van der Waals surface area contributed by atoms with Gasteiger partial charge in [0.15, 0.2) is 5.01 Å². The number of aromatic nitrogens is 4. The van der Waals surface area contributed by atoms with Crippen LogP contribution in [-0.4, -0.2) is 66.4 Å². The normalized spacial score (nSPS) is 11.1. The maximum Gasteiger partial charge on any atom is 0.227 e. The fraction of sp³-hybridized carbons (Fsp3) is 0.280. The molecule has 0 aliphatic heterocycles. The van der Waals surface area contributed by atoms with Crippen molar-refractivity contribution in [1.29, 1.82) is 0 Å². The summed E-state index contributed by atoms with van der Waals surface area (Å²) in [5, 5.41) is 12.9. The summed E-state index contributed by atoms with van der Waals surface area (Å²) in [6.45, 7) is 3.55. The van der Waals surface area contributed by atoms with Crippen molar-refractivity contribution in [3.63, 3.8) is 0 Å². The lowest BCUT2D eigenvalue weighted by Gasteiger charge is -2.24. The lowest BCUT2D eigenvalue weighted by Crippen LogP contribution is -2.29. The fourth-order valence-electron chi connectivity index (χ4n) is 3.62. The second kappa shape index (κ2) is 10.8. The maximum absolute atomic E-state index is 13.8. The second-order valence-corrected chi connectivity index (χ2v) is 9.63. The van der Waals surface area contributed by atoms with E-state index in [1.54, 1.807) is 19.4 Å². The lowest BCUT2D eigenvalue weighted by atomic mass is 10.1. The molecule has 0 aliphatic rings. The van der Waals surface area contributed by atoms with Gasteiger partial charge >= 0.3 is 0 Å². The molecule has 0 saturated heterocycles. The monoisotopic (exact) mass is 508 g/mol. The number of nitrogens with two attached hydrogens (primary N) is 1. The van der Waals surface area contributed by atoms with Crippen molar-refractivity contribution in [2.24, 2.45) is 0 Å². The number of nitrogen functional groups attached to an aromatic ring is 1. The Morgan fingerprint density at radius 1 is 1.06 bits per heavy atom. The summed E-state index contributed by atoms with van der Waals surface area (Å²) in [7, 11) is 7.66. The Labute approximate surface area is 213 Å². The highest BCUT2D eigenvalue weighted by atomic mass is 32.1. The summed E-state index contributed by atoms with van der Waals surface area (Å²) in [6, 6.07) is 10.3. The minimum Gasteiger partial charge on any atom is -0.494 e. The molecule has 3 N–H and O–H groups in total. The van der Waals surface area contributed by atoms with Crippen molar-refractivity contribution in [1.82, 2.24) is 25.1 Å². The molecule has 4 aromatic rings. The molecule has 11 heteroatoms. The van der Waals surface area contributed by atoms with Crippen LogP contribution in [0.3, 0.4) is 0 Å². The zero-order valence-corrected chi connectivity index (χ0v) is 21.7. The molecular weight excluding hydrogens is 479 g/mol. The molecule has 0 unspecified atom stereocenters. The molecule has 4 rings (SSSR count). The highest BCUT2D eigenvalue weighted by Crippen LogP contribution is 2.36. The second-order valence-electron chi connectivity index (χ2n) is 8.66. The zero-order valence-electron chi connectivity index (χ0n) is 20.9. The third-order valence-electron chi connectivity index (χ3n) is 5.48. The van der Waals surface area contributed by atoms with Crippen molar-refractivity contribution >= 4 is 34.3 Å². The molecule has 0 radical (unpaired) electrons. The van der Waals surface area contributed by atoms with E-state index in [4.69, 9.17) is 10.5 Å². The van der Waals surface area contributed by atoms with Crippen LogP contribution in [0.25, 0.3) is 21.3 Å². The molecule has 0 saturated carbocycles. The Balaban J connectivity index is 1.57. The molecule has 2 heterocycles. The third-order valence-corrected chi connectivity index (χ3v) is 6.47. The van der Waals surface area contributed by atoms with Gasteiger partial charge in [-0.2, -0.15) is 0 Å². The van der Waals surface area contributed by atoms with Gasteiger partial charge in [0.25, 0.3) is 0 Å². The molecule has 9 nitrogen and oxygen atoms in total. The van der Waals surface area contributed by atoms with Crippen molar-refractivity contribution < 1.29 is 9.13 Å². The van der Waals surface area contributed by atoms with Gasteiger partial charge in [-0.3, -0.25) is 0 Å². The van der Waals surface area contributed by atoms with Crippen LogP contribution in [0.5, 0.6) is 5.75 Å². The number of hydrogen-bond donors (Lipinski definition) is 2. The Morgan fingerprint density at radius 3 is 2.56 bits per heavy atom. The van der Waals surface area contributed by atoms with Gasteiger partial charge in [-0.15, -0.1) is 10.2 Å². The molecule has 188 valence electrons. The number of nitrogens with zero attached hydrogens (tertiary/aromatic N) is 6. The van der Waals surface area contributed by atoms with Gasteiger partial charge in [0.1, 0.15) is 22.3 Å². The van der Waals surface area contributed by atoms with Crippen molar-refractivity contribution in [3.8, 4) is 27.0 Å². The first-order chi connectivity index (χ1) is 17.2. The summed E-state index contributed by atoms with van der Waals surface area (Å²) in [6.07, 6.45) is 1.64. The van der Waals surface area contributed by atoms with Crippen LogP contribution in [-0.2, 0) is 0 Å². The van der Waals surface area contributed by atoms with Gasteiger partial charge < -0.3 is 25.6 Å². The third kappa shape index (κ3) is 5.86. The van der Waals surface area contributed by atoms with E-state index >= 15 is 0 Å². The predicted molar refractivity (Wildman–Crippen MR) is 144 cm³/mol. The van der Waals surface area contributed by atoms with E-state index < -0.39 is 0 Å². The van der Waals surface area contributed by atoms with Crippen LogP contribution in [0.4, 0.5) is 27.4 Å². The van der Waals surface area contributed by atoms with Gasteiger partial charge in [0, 0.05) is 38.0 Å². The summed E-state index contributed by atoms with van der Waals surface area (Å²) in [5.41, 5.74) is 10.6. The largest absolute Gasteiger partial charge is 0.494 e. The van der Waals surface area contributed by atoms with Gasteiger partial charge in [0.2, 0.25) is 5.95 Å². The smallest absolute Gasteiger partial charge is 0.227 e. The summed E-state index contributed by atoms with van der Waals surface area (Å²) >= 11 is 1.33. The van der Waals surface area contributed by atoms with Crippen LogP contribution >= 0.6 is 11.3 Å². The molecule has 36 heavy (non-hydrogen) atoms. The molecule has 0 amide bonds. The number of methoxy groups -OCH3 is 1. The van der Waals surface area contributed by atoms with E-state index in [-0.39, 0.29) is 5.82 Å². The number of ether oxygens (including phenoxy) is 1. The van der Waals surface area contributed by atoms with Crippen LogP contribution in [0, 0.1) is 12.7 Å². The Hall–Kier alpha value is -3.83. The summed E-state index contributed by atoms with van der Waals surface area (Å²) in [4.78, 5) is 13.1. The molecule has 2 aromatic carbocycles. The predicted octanol–water partition coefficient (Wildman–Crippen LogP) is 4.44. The number of nitrogens with one attached hydrogen (secondary N) is 1. The average Bonchev–Trinajstić information content (AvgIpc) is 3.33. The SMILES string of the molecule is COc1cc(N(C)CCN(C)C)c(N)cc1Nc1nccc(-c2nnc(-c3cc(C)cc(F)c3)s2)n1. The molecule has 2 aromatic heterocycles. The molecule has 0 aliphatic carbocycles. The molecule has 0 spiro atoms. The Kier molecular flexibility index (Phi) is 7.61. The number of halogens is 1. The zero-order chi connectivity index (χ0) is 25.8. The Bertz CT molecular complexity index is 1340. The minimum absolute atomic E-state index is 0.307. The maximum atomic E-state index is 13.8. The number of anilines is 4. The van der Waals surface area contributed by atoms with Crippen LogP contribution in [0.2, 0.25) is 0 Å². The fourth-order valence-corrected chi connectivity index (χ4v) is 4.42. The van der Waals surface area contributed by atoms with Crippen molar-refractivity contribution in [2.45, 2.75) is 6.92 Å². The van der Waals surface area contributed by atoms with Crippen molar-refractivity contribution in [2.75, 3.05) is 57.3 Å². The first-order valence-electron chi connectivity index (χ1n) is 11.3. The first kappa shape index (κ1) is 25.3. The number of aryl methyl sites for hydroxylation is 1. The van der Waals surface area contributed by atoms with Gasteiger partial charge in [-0.25, -0.2) is 14.4 Å². The van der Waals surface area contributed by atoms with E-state index in [2.05, 4.69) is 35.3 Å². The van der Waals surface area contributed by atoms with Gasteiger partial charge in [-0.1, -0.05) is 11.3 Å². The summed E-state index contributed by atoms with van der Waals surface area (Å²) in [5.74, 6) is 0.667. The Morgan fingerprint density at radius 2 is 1.83 bits per heavy atom. The average molecular weight is 509 g/mol. The lowest BCUT2D eigenvalue weighted by molar-refractivity contribution is 0.413. The van der Waals surface area contributed by atoms with Crippen LogP contribution in [0.15, 0.2) is 42.6 Å². The highest BCUT2D eigenvalue weighted by molar-refractivity contribution is 7.17. The standard InChI is InChI=1S/C25H29FN8OS/c1-15-10-16(12-17(26)11-15)23-31-32-24(36-23)19-6-7-28-25(29-19)30-20-13-18(27)21(14-22(20)35-5)34(4)9-8-33(2)3/h6-7,10-14H,8-9,27H2,1-5H3,(H,28,29,30).